The highest BCUT2D eigenvalue weighted by atomic mass is 16.5. The van der Waals surface area contributed by atoms with Gasteiger partial charge in [-0.3, -0.25) is 14.2 Å². The van der Waals surface area contributed by atoms with E-state index in [2.05, 4.69) is 0 Å². The van der Waals surface area contributed by atoms with Crippen LogP contribution in [0.5, 0.6) is 5.75 Å². The van der Waals surface area contributed by atoms with Crippen LogP contribution in [0.2, 0.25) is 0 Å². The number of pyridine rings is 1. The van der Waals surface area contributed by atoms with Gasteiger partial charge in [-0.25, -0.2) is 0 Å². The fourth-order valence-electron chi connectivity index (χ4n) is 1.54. The second-order valence-electron chi connectivity index (χ2n) is 3.52. The zero-order valence-corrected chi connectivity index (χ0v) is 9.47. The summed E-state index contributed by atoms with van der Waals surface area (Å²) in [5, 5.41) is 0. The number of rotatable bonds is 5. The Kier molecular flexibility index (Phi) is 4.10. The van der Waals surface area contributed by atoms with Gasteiger partial charge in [0.15, 0.2) is 0 Å². The zero-order valence-electron chi connectivity index (χ0n) is 9.47. The molecular weight excluding hydrogens is 208 g/mol. The molecule has 1 unspecified atom stereocenters. The molecule has 0 aliphatic rings. The second-order valence-corrected chi connectivity index (χ2v) is 3.52. The van der Waals surface area contributed by atoms with E-state index >= 15 is 0 Å². The smallest absolute Gasteiger partial charge is 0.251 e. The van der Waals surface area contributed by atoms with Crippen LogP contribution >= 0.6 is 0 Å². The molecule has 1 amide bonds. The van der Waals surface area contributed by atoms with Gasteiger partial charge in [0, 0.05) is 6.07 Å². The molecule has 0 aromatic carbocycles. The summed E-state index contributed by atoms with van der Waals surface area (Å²) in [5.41, 5.74) is 5.02. The summed E-state index contributed by atoms with van der Waals surface area (Å²) in [5.74, 6) is 0.0270. The maximum Gasteiger partial charge on any atom is 0.251 e. The number of aromatic nitrogens is 1. The van der Waals surface area contributed by atoms with E-state index in [1.54, 1.807) is 6.07 Å². The Morgan fingerprint density at radius 1 is 1.56 bits per heavy atom. The normalized spacial score (nSPS) is 12.1. The summed E-state index contributed by atoms with van der Waals surface area (Å²) in [7, 11) is 1.50. The number of carbonyl (C=O) groups excluding carboxylic acids is 1. The van der Waals surface area contributed by atoms with Crippen molar-refractivity contribution in [2.45, 2.75) is 25.8 Å². The number of nitrogens with zero attached hydrogens (tertiary/aromatic N) is 1. The van der Waals surface area contributed by atoms with Crippen molar-refractivity contribution in [2.75, 3.05) is 7.11 Å². The summed E-state index contributed by atoms with van der Waals surface area (Å²) in [6, 6.07) is 2.32. The molecule has 1 rings (SSSR count). The average Bonchev–Trinajstić information content (AvgIpc) is 2.27. The van der Waals surface area contributed by atoms with Gasteiger partial charge < -0.3 is 10.5 Å². The molecule has 16 heavy (non-hydrogen) atoms. The third kappa shape index (κ3) is 2.62. The lowest BCUT2D eigenvalue weighted by atomic mass is 10.1. The summed E-state index contributed by atoms with van der Waals surface area (Å²) < 4.78 is 6.33. The number of ether oxygens (including phenoxy) is 1. The maximum atomic E-state index is 11.6. The van der Waals surface area contributed by atoms with Crippen LogP contribution in [0.3, 0.4) is 0 Å². The Labute approximate surface area is 93.8 Å². The van der Waals surface area contributed by atoms with Crippen molar-refractivity contribution < 1.29 is 9.53 Å². The van der Waals surface area contributed by atoms with Gasteiger partial charge in [0.05, 0.1) is 13.3 Å². The second kappa shape index (κ2) is 5.34. The molecule has 1 atom stereocenters. The van der Waals surface area contributed by atoms with Gasteiger partial charge in [-0.2, -0.15) is 0 Å². The molecule has 5 nitrogen and oxygen atoms in total. The van der Waals surface area contributed by atoms with Gasteiger partial charge in [-0.05, 0) is 12.5 Å². The predicted molar refractivity (Wildman–Crippen MR) is 60.4 cm³/mol. The lowest BCUT2D eigenvalue weighted by Gasteiger charge is -2.16. The van der Waals surface area contributed by atoms with Crippen LogP contribution in [-0.4, -0.2) is 17.6 Å². The Balaban J connectivity index is 3.16. The van der Waals surface area contributed by atoms with E-state index in [0.29, 0.717) is 12.2 Å². The molecule has 0 fully saturated rings. The van der Waals surface area contributed by atoms with Crippen LogP contribution < -0.4 is 16.0 Å². The number of hydrogen-bond donors (Lipinski definition) is 1. The number of primary amides is 1. The SMILES string of the molecule is CCCC(C(N)=O)n1cc(OC)ccc1=O. The van der Waals surface area contributed by atoms with E-state index in [1.165, 1.54) is 23.9 Å². The first kappa shape index (κ1) is 12.3. The van der Waals surface area contributed by atoms with Crippen LogP contribution in [0.1, 0.15) is 25.8 Å². The van der Waals surface area contributed by atoms with Gasteiger partial charge in [0.1, 0.15) is 11.8 Å². The number of nitrogens with two attached hydrogens (primary N) is 1. The first-order valence-corrected chi connectivity index (χ1v) is 5.15. The highest BCUT2D eigenvalue weighted by Gasteiger charge is 2.17. The summed E-state index contributed by atoms with van der Waals surface area (Å²) >= 11 is 0. The van der Waals surface area contributed by atoms with Gasteiger partial charge in [-0.1, -0.05) is 13.3 Å². The lowest BCUT2D eigenvalue weighted by Crippen LogP contribution is -2.33. The van der Waals surface area contributed by atoms with Gasteiger partial charge in [0.2, 0.25) is 5.91 Å². The monoisotopic (exact) mass is 224 g/mol. The van der Waals surface area contributed by atoms with Crippen molar-refractivity contribution in [2.24, 2.45) is 5.73 Å². The summed E-state index contributed by atoms with van der Waals surface area (Å²) in [4.78, 5) is 22.9. The van der Waals surface area contributed by atoms with Crippen molar-refractivity contribution in [1.82, 2.24) is 4.57 Å². The number of amides is 1. The zero-order chi connectivity index (χ0) is 12.1. The van der Waals surface area contributed by atoms with Gasteiger partial charge >= 0.3 is 0 Å². The van der Waals surface area contributed by atoms with Crippen LogP contribution in [0, 0.1) is 0 Å². The largest absolute Gasteiger partial charge is 0.495 e. The van der Waals surface area contributed by atoms with E-state index in [1.807, 2.05) is 6.92 Å². The first-order valence-electron chi connectivity index (χ1n) is 5.15. The third-order valence-electron chi connectivity index (χ3n) is 2.37. The van der Waals surface area contributed by atoms with E-state index in [4.69, 9.17) is 10.5 Å². The minimum atomic E-state index is -0.604. The van der Waals surface area contributed by atoms with Crippen molar-refractivity contribution in [3.8, 4) is 5.75 Å². The Morgan fingerprint density at radius 3 is 2.75 bits per heavy atom. The summed E-state index contributed by atoms with van der Waals surface area (Å²) in [6.07, 6.45) is 2.83. The molecule has 0 saturated carbocycles. The molecule has 0 aliphatic heterocycles. The third-order valence-corrected chi connectivity index (χ3v) is 2.37. The summed E-state index contributed by atoms with van der Waals surface area (Å²) in [6.45, 7) is 1.93. The molecule has 0 saturated heterocycles. The Bertz CT molecular complexity index is 425. The first-order chi connectivity index (χ1) is 7.60. The molecule has 1 heterocycles. The van der Waals surface area contributed by atoms with Crippen molar-refractivity contribution in [3.63, 3.8) is 0 Å². The van der Waals surface area contributed by atoms with Gasteiger partial charge in [-0.15, -0.1) is 0 Å². The molecule has 0 bridgehead atoms. The standard InChI is InChI=1S/C11H16N2O3/c1-3-4-9(11(12)15)13-7-8(16-2)5-6-10(13)14/h5-7,9H,3-4H2,1-2H3,(H2,12,15). The quantitative estimate of drug-likeness (QED) is 0.799. The number of methoxy groups -OCH3 is 1. The van der Waals surface area contributed by atoms with Crippen LogP contribution in [-0.2, 0) is 4.79 Å². The molecule has 2 N–H and O–H groups in total. The highest BCUT2D eigenvalue weighted by Crippen LogP contribution is 2.14. The molecule has 5 heteroatoms. The highest BCUT2D eigenvalue weighted by molar-refractivity contribution is 5.78. The molecule has 88 valence electrons. The van der Waals surface area contributed by atoms with Crippen molar-refractivity contribution >= 4 is 5.91 Å². The minimum Gasteiger partial charge on any atom is -0.495 e. The fourth-order valence-corrected chi connectivity index (χ4v) is 1.54. The maximum absolute atomic E-state index is 11.6. The van der Waals surface area contributed by atoms with E-state index in [-0.39, 0.29) is 5.56 Å². The van der Waals surface area contributed by atoms with Gasteiger partial charge in [0.25, 0.3) is 5.56 Å². The molecule has 1 aromatic rings. The topological polar surface area (TPSA) is 74.3 Å². The van der Waals surface area contributed by atoms with Crippen molar-refractivity contribution in [3.05, 3.63) is 28.7 Å². The Hall–Kier alpha value is -1.78. The predicted octanol–water partition coefficient (Wildman–Crippen LogP) is 0.683. The van der Waals surface area contributed by atoms with E-state index in [0.717, 1.165) is 6.42 Å². The fraction of sp³-hybridized carbons (Fsp3) is 0.455. The Morgan fingerprint density at radius 2 is 2.25 bits per heavy atom. The lowest BCUT2D eigenvalue weighted by molar-refractivity contribution is -0.121. The average molecular weight is 224 g/mol. The van der Waals surface area contributed by atoms with E-state index in [9.17, 15) is 9.59 Å². The molecule has 0 radical (unpaired) electrons. The van der Waals surface area contributed by atoms with Crippen LogP contribution in [0.15, 0.2) is 23.1 Å². The number of hydrogen-bond acceptors (Lipinski definition) is 3. The molecule has 1 aromatic heterocycles. The molecule has 0 aliphatic carbocycles. The van der Waals surface area contributed by atoms with Crippen LogP contribution in [0.25, 0.3) is 0 Å². The number of carbonyl (C=O) groups is 1. The molecular formula is C11H16N2O3. The van der Waals surface area contributed by atoms with E-state index < -0.39 is 11.9 Å². The minimum absolute atomic E-state index is 0.252. The molecule has 0 spiro atoms. The van der Waals surface area contributed by atoms with Crippen LogP contribution in [0.4, 0.5) is 0 Å². The van der Waals surface area contributed by atoms with Crippen molar-refractivity contribution in [1.29, 1.82) is 0 Å².